The van der Waals surface area contributed by atoms with Gasteiger partial charge in [0.1, 0.15) is 5.82 Å². The Morgan fingerprint density at radius 1 is 1.35 bits per heavy atom. The lowest BCUT2D eigenvalue weighted by Crippen LogP contribution is -2.27. The molecule has 3 rings (SSSR count). The van der Waals surface area contributed by atoms with Crippen molar-refractivity contribution in [3.63, 3.8) is 0 Å². The van der Waals surface area contributed by atoms with Crippen molar-refractivity contribution < 1.29 is 9.18 Å². The molecule has 0 fully saturated rings. The molecule has 1 aromatic heterocycles. The van der Waals surface area contributed by atoms with E-state index in [0.717, 1.165) is 18.2 Å². The van der Waals surface area contributed by atoms with Crippen molar-refractivity contribution >= 4 is 23.2 Å². The van der Waals surface area contributed by atoms with Gasteiger partial charge in [-0.1, -0.05) is 18.5 Å². The van der Waals surface area contributed by atoms with Crippen molar-refractivity contribution in [2.75, 3.05) is 4.90 Å². The Balaban J connectivity index is 2.12. The number of anilines is 1. The van der Waals surface area contributed by atoms with Gasteiger partial charge >= 0.3 is 0 Å². The first-order valence-corrected chi connectivity index (χ1v) is 6.73. The van der Waals surface area contributed by atoms with Gasteiger partial charge in [0, 0.05) is 16.7 Å². The lowest BCUT2D eigenvalue weighted by Gasteiger charge is -2.24. The van der Waals surface area contributed by atoms with Crippen LogP contribution in [-0.4, -0.2) is 10.9 Å². The monoisotopic (exact) mass is 290 g/mol. The number of hydrogen-bond donors (Lipinski definition) is 0. The number of fused-ring (bicyclic) bond motifs is 1. The van der Waals surface area contributed by atoms with Crippen LogP contribution in [0, 0.1) is 5.82 Å². The molecule has 2 aromatic rings. The van der Waals surface area contributed by atoms with Gasteiger partial charge in [-0.15, -0.1) is 0 Å². The van der Waals surface area contributed by atoms with Crippen LogP contribution in [0.4, 0.5) is 10.1 Å². The lowest BCUT2D eigenvalue weighted by molar-refractivity contribution is 0.0990. The highest BCUT2D eigenvalue weighted by Crippen LogP contribution is 2.40. The maximum absolute atomic E-state index is 13.4. The van der Waals surface area contributed by atoms with Crippen LogP contribution in [0.3, 0.4) is 0 Å². The topological polar surface area (TPSA) is 33.2 Å². The molecule has 102 valence electrons. The summed E-state index contributed by atoms with van der Waals surface area (Å²) in [6.45, 7) is 1.98. The number of pyridine rings is 1. The summed E-state index contributed by atoms with van der Waals surface area (Å²) in [7, 11) is 0. The highest BCUT2D eigenvalue weighted by atomic mass is 35.5. The third-order valence-electron chi connectivity index (χ3n) is 3.49. The maximum atomic E-state index is 13.4. The highest BCUT2D eigenvalue weighted by Gasteiger charge is 2.36. The van der Waals surface area contributed by atoms with E-state index >= 15 is 0 Å². The minimum atomic E-state index is -0.459. The van der Waals surface area contributed by atoms with Crippen molar-refractivity contribution in [2.45, 2.75) is 19.4 Å². The average molecular weight is 291 g/mol. The summed E-state index contributed by atoms with van der Waals surface area (Å²) < 4.78 is 13.4. The van der Waals surface area contributed by atoms with Gasteiger partial charge in [-0.05, 0) is 30.2 Å². The minimum Gasteiger partial charge on any atom is -0.299 e. The lowest BCUT2D eigenvalue weighted by atomic mass is 10.0. The Morgan fingerprint density at radius 3 is 2.85 bits per heavy atom. The van der Waals surface area contributed by atoms with Crippen LogP contribution < -0.4 is 4.90 Å². The van der Waals surface area contributed by atoms with Gasteiger partial charge < -0.3 is 0 Å². The Labute approximate surface area is 121 Å². The molecule has 0 unspecified atom stereocenters. The summed E-state index contributed by atoms with van der Waals surface area (Å²) in [5.74, 6) is -0.602. The predicted octanol–water partition coefficient (Wildman–Crippen LogP) is 3.99. The number of carbonyl (C=O) groups excluding carboxylic acids is 1. The fourth-order valence-corrected chi connectivity index (χ4v) is 2.83. The van der Waals surface area contributed by atoms with Crippen molar-refractivity contribution in [1.29, 1.82) is 0 Å². The van der Waals surface area contributed by atoms with Gasteiger partial charge in [-0.2, -0.15) is 0 Å². The van der Waals surface area contributed by atoms with Crippen molar-refractivity contribution in [3.05, 3.63) is 58.6 Å². The number of benzene rings is 1. The number of aromatic nitrogens is 1. The molecule has 0 saturated carbocycles. The number of rotatable bonds is 2. The first-order chi connectivity index (χ1) is 9.61. The van der Waals surface area contributed by atoms with Gasteiger partial charge in [-0.25, -0.2) is 4.39 Å². The van der Waals surface area contributed by atoms with Gasteiger partial charge in [0.25, 0.3) is 5.91 Å². The Hall–Kier alpha value is -1.94. The van der Waals surface area contributed by atoms with Crippen LogP contribution in [0.15, 0.2) is 36.7 Å². The van der Waals surface area contributed by atoms with Crippen LogP contribution in [0.1, 0.15) is 35.3 Å². The number of amides is 1. The van der Waals surface area contributed by atoms with Crippen LogP contribution in [0.25, 0.3) is 0 Å². The second-order valence-corrected chi connectivity index (χ2v) is 5.13. The third kappa shape index (κ3) is 1.96. The Kier molecular flexibility index (Phi) is 3.18. The van der Waals surface area contributed by atoms with Gasteiger partial charge in [0.2, 0.25) is 0 Å². The number of nitrogens with zero attached hydrogens (tertiary/aromatic N) is 2. The normalized spacial score (nSPS) is 17.4. The fraction of sp³-hybridized carbons (Fsp3) is 0.200. The smallest absolute Gasteiger partial charge is 0.259 e. The van der Waals surface area contributed by atoms with Crippen LogP contribution >= 0.6 is 11.6 Å². The molecule has 1 aliphatic heterocycles. The third-order valence-corrected chi connectivity index (χ3v) is 3.72. The predicted molar refractivity (Wildman–Crippen MR) is 75.5 cm³/mol. The molecule has 0 aliphatic carbocycles. The zero-order valence-corrected chi connectivity index (χ0v) is 11.6. The molecule has 0 bridgehead atoms. The standard InChI is InChI=1S/C15H12ClFN2O/c1-2-14-13-5-9(16)3-4-12(13)15(20)19(14)11-6-10(17)7-18-8-11/h3-8,14H,2H2,1H3/t14-/m0/s1. The molecule has 2 heterocycles. The molecule has 1 aliphatic rings. The molecule has 0 N–H and O–H groups in total. The largest absolute Gasteiger partial charge is 0.299 e. The molecule has 3 nitrogen and oxygen atoms in total. The molecule has 1 amide bonds. The average Bonchev–Trinajstić information content (AvgIpc) is 2.70. The van der Waals surface area contributed by atoms with Crippen LogP contribution in [-0.2, 0) is 0 Å². The minimum absolute atomic E-state index is 0.139. The van der Waals surface area contributed by atoms with Crippen LogP contribution in [0.5, 0.6) is 0 Å². The second-order valence-electron chi connectivity index (χ2n) is 4.69. The second kappa shape index (κ2) is 4.87. The summed E-state index contributed by atoms with van der Waals surface area (Å²) in [6, 6.07) is 6.39. The van der Waals surface area contributed by atoms with E-state index in [0.29, 0.717) is 16.3 Å². The van der Waals surface area contributed by atoms with E-state index < -0.39 is 5.82 Å². The summed E-state index contributed by atoms with van der Waals surface area (Å²) >= 11 is 6.01. The molecular formula is C15H12ClFN2O. The summed E-state index contributed by atoms with van der Waals surface area (Å²) in [6.07, 6.45) is 3.34. The molecule has 0 saturated heterocycles. The van der Waals surface area contributed by atoms with Gasteiger partial charge in [0.15, 0.2) is 0 Å². The molecule has 1 atom stereocenters. The molecule has 0 spiro atoms. The van der Waals surface area contributed by atoms with Crippen molar-refractivity contribution in [2.24, 2.45) is 0 Å². The molecule has 20 heavy (non-hydrogen) atoms. The van der Waals surface area contributed by atoms with Crippen molar-refractivity contribution in [3.8, 4) is 0 Å². The van der Waals surface area contributed by atoms with Gasteiger partial charge in [0.05, 0.1) is 24.1 Å². The fourth-order valence-electron chi connectivity index (χ4n) is 2.65. The van der Waals surface area contributed by atoms with E-state index in [4.69, 9.17) is 11.6 Å². The molecular weight excluding hydrogens is 279 g/mol. The van der Waals surface area contributed by atoms with Crippen LogP contribution in [0.2, 0.25) is 5.02 Å². The molecule has 5 heteroatoms. The Bertz CT molecular complexity index is 689. The quantitative estimate of drug-likeness (QED) is 0.838. The summed E-state index contributed by atoms with van der Waals surface area (Å²) in [5, 5.41) is 0.592. The van der Waals surface area contributed by atoms with Crippen molar-refractivity contribution in [1.82, 2.24) is 4.98 Å². The molecule has 0 radical (unpaired) electrons. The first-order valence-electron chi connectivity index (χ1n) is 6.35. The molecule has 1 aromatic carbocycles. The highest BCUT2D eigenvalue weighted by molar-refractivity contribution is 6.31. The van der Waals surface area contributed by atoms with E-state index in [2.05, 4.69) is 4.98 Å². The van der Waals surface area contributed by atoms with Gasteiger partial charge in [-0.3, -0.25) is 14.7 Å². The number of halogens is 2. The van der Waals surface area contributed by atoms with E-state index in [9.17, 15) is 9.18 Å². The number of carbonyl (C=O) groups is 1. The number of hydrogen-bond acceptors (Lipinski definition) is 2. The van der Waals surface area contributed by atoms with E-state index in [1.54, 1.807) is 23.1 Å². The van der Waals surface area contributed by atoms with E-state index in [1.165, 1.54) is 12.3 Å². The van der Waals surface area contributed by atoms with E-state index in [-0.39, 0.29) is 11.9 Å². The maximum Gasteiger partial charge on any atom is 0.259 e. The Morgan fingerprint density at radius 2 is 2.15 bits per heavy atom. The summed E-state index contributed by atoms with van der Waals surface area (Å²) in [5.41, 5.74) is 1.97. The zero-order valence-electron chi connectivity index (χ0n) is 10.8. The van der Waals surface area contributed by atoms with E-state index in [1.807, 2.05) is 6.92 Å². The zero-order chi connectivity index (χ0) is 14.3. The first kappa shape index (κ1) is 13.1. The summed E-state index contributed by atoms with van der Waals surface area (Å²) in [4.78, 5) is 17.9. The SMILES string of the molecule is CC[C@H]1c2cc(Cl)ccc2C(=O)N1c1cncc(F)c1.